The molecule has 0 fully saturated rings. The van der Waals surface area contributed by atoms with Crippen LogP contribution < -0.4 is 15.6 Å². The zero-order chi connectivity index (χ0) is 9.90. The van der Waals surface area contributed by atoms with E-state index in [1.165, 1.54) is 12.1 Å². The fourth-order valence-electron chi connectivity index (χ4n) is 0.678. The smallest absolute Gasteiger partial charge is 0.411 e. The number of hydrazine groups is 1. The van der Waals surface area contributed by atoms with Gasteiger partial charge in [-0.15, -0.1) is 0 Å². The van der Waals surface area contributed by atoms with Gasteiger partial charge < -0.3 is 9.42 Å². The number of hydrogen-bond donors (Lipinski definition) is 3. The summed E-state index contributed by atoms with van der Waals surface area (Å²) >= 11 is 5.66. The highest BCUT2D eigenvalue weighted by molar-refractivity contribution is 7.50. The van der Waals surface area contributed by atoms with E-state index < -0.39 is 7.75 Å². The Morgan fingerprint density at radius 3 is 2.69 bits per heavy atom. The predicted octanol–water partition coefficient (Wildman–Crippen LogP) is 1.28. The second-order valence-electron chi connectivity index (χ2n) is 2.17. The Morgan fingerprint density at radius 2 is 2.15 bits per heavy atom. The predicted molar refractivity (Wildman–Crippen MR) is 49.2 cm³/mol. The molecular weight excluding hydrogens is 215 g/mol. The van der Waals surface area contributed by atoms with E-state index in [4.69, 9.17) is 22.3 Å². The van der Waals surface area contributed by atoms with Crippen LogP contribution in [0, 0.1) is 0 Å². The molecule has 1 rings (SSSR count). The molecule has 0 spiro atoms. The van der Waals surface area contributed by atoms with Crippen LogP contribution >= 0.6 is 19.3 Å². The maximum atomic E-state index is 10.9. The van der Waals surface area contributed by atoms with Crippen LogP contribution in [-0.2, 0) is 4.57 Å². The van der Waals surface area contributed by atoms with Crippen LogP contribution in [-0.4, -0.2) is 4.89 Å². The SMILES string of the molecule is NNP(=O)(O)Oc1ccccc1Cl. The van der Waals surface area contributed by atoms with Crippen LogP contribution in [0.15, 0.2) is 24.3 Å². The molecule has 0 aliphatic rings. The quantitative estimate of drug-likeness (QED) is 0.408. The van der Waals surface area contributed by atoms with Gasteiger partial charge in [-0.3, -0.25) is 5.84 Å². The molecule has 0 radical (unpaired) electrons. The zero-order valence-electron chi connectivity index (χ0n) is 6.48. The number of hydrogen-bond acceptors (Lipinski definition) is 3. The minimum atomic E-state index is -3.98. The van der Waals surface area contributed by atoms with Crippen LogP contribution in [0.1, 0.15) is 0 Å². The molecule has 0 bridgehead atoms. The van der Waals surface area contributed by atoms with Crippen LogP contribution in [0.2, 0.25) is 5.02 Å². The Bertz CT molecular complexity index is 346. The van der Waals surface area contributed by atoms with E-state index in [0.717, 1.165) is 0 Å². The highest BCUT2D eigenvalue weighted by atomic mass is 35.5. The van der Waals surface area contributed by atoms with Crippen molar-refractivity contribution < 1.29 is 14.0 Å². The molecule has 1 aromatic rings. The lowest BCUT2D eigenvalue weighted by Crippen LogP contribution is -2.20. The second-order valence-corrected chi connectivity index (χ2v) is 4.06. The number of halogens is 1. The van der Waals surface area contributed by atoms with Crippen LogP contribution in [0.25, 0.3) is 0 Å². The summed E-state index contributed by atoms with van der Waals surface area (Å²) in [6.07, 6.45) is 0. The first-order valence-corrected chi connectivity index (χ1v) is 5.25. The first-order valence-electron chi connectivity index (χ1n) is 3.30. The van der Waals surface area contributed by atoms with E-state index in [9.17, 15) is 4.57 Å². The van der Waals surface area contributed by atoms with Gasteiger partial charge in [-0.05, 0) is 12.1 Å². The van der Waals surface area contributed by atoms with E-state index in [1.807, 2.05) is 0 Å². The molecule has 1 aromatic carbocycles. The molecule has 0 aromatic heterocycles. The summed E-state index contributed by atoms with van der Waals surface area (Å²) in [6, 6.07) is 6.29. The molecule has 0 saturated heterocycles. The summed E-state index contributed by atoms with van der Waals surface area (Å²) in [5.74, 6) is 4.88. The average molecular weight is 223 g/mol. The molecule has 7 heteroatoms. The summed E-state index contributed by atoms with van der Waals surface area (Å²) in [4.78, 5) is 8.94. The monoisotopic (exact) mass is 222 g/mol. The highest BCUT2D eigenvalue weighted by Crippen LogP contribution is 2.39. The number of nitrogens with two attached hydrogens (primary N) is 1. The lowest BCUT2D eigenvalue weighted by molar-refractivity contribution is 0.365. The van der Waals surface area contributed by atoms with Crippen molar-refractivity contribution >= 4 is 19.3 Å². The van der Waals surface area contributed by atoms with E-state index in [1.54, 1.807) is 17.3 Å². The summed E-state index contributed by atoms with van der Waals surface area (Å²) in [5.41, 5.74) is 0. The van der Waals surface area contributed by atoms with E-state index in [-0.39, 0.29) is 10.8 Å². The minimum Gasteiger partial charge on any atom is -0.411 e. The van der Waals surface area contributed by atoms with Crippen molar-refractivity contribution in [2.24, 2.45) is 5.84 Å². The Kier molecular flexibility index (Phi) is 3.30. The van der Waals surface area contributed by atoms with Crippen molar-refractivity contribution in [3.8, 4) is 5.75 Å². The van der Waals surface area contributed by atoms with Gasteiger partial charge in [0.2, 0.25) is 0 Å². The Morgan fingerprint density at radius 1 is 1.54 bits per heavy atom. The van der Waals surface area contributed by atoms with Gasteiger partial charge in [-0.1, -0.05) is 23.7 Å². The van der Waals surface area contributed by atoms with E-state index in [0.29, 0.717) is 0 Å². The minimum absolute atomic E-state index is 0.105. The molecule has 13 heavy (non-hydrogen) atoms. The van der Waals surface area contributed by atoms with Crippen molar-refractivity contribution in [3.63, 3.8) is 0 Å². The molecule has 1 unspecified atom stereocenters. The third-order valence-electron chi connectivity index (χ3n) is 1.22. The third-order valence-corrected chi connectivity index (χ3v) is 2.30. The van der Waals surface area contributed by atoms with E-state index in [2.05, 4.69) is 4.52 Å². The number of benzene rings is 1. The molecule has 4 N–H and O–H groups in total. The average Bonchev–Trinajstić information content (AvgIpc) is 2.09. The van der Waals surface area contributed by atoms with Crippen molar-refractivity contribution in [2.75, 3.05) is 0 Å². The maximum Gasteiger partial charge on any atom is 0.469 e. The lowest BCUT2D eigenvalue weighted by atomic mass is 10.3. The Balaban J connectivity index is 2.86. The molecule has 72 valence electrons. The Hall–Kier alpha value is -0.580. The van der Waals surface area contributed by atoms with Gasteiger partial charge in [0.25, 0.3) is 0 Å². The largest absolute Gasteiger partial charge is 0.469 e. The van der Waals surface area contributed by atoms with E-state index >= 15 is 0 Å². The molecule has 0 aliphatic carbocycles. The van der Waals surface area contributed by atoms with Crippen LogP contribution in [0.3, 0.4) is 0 Å². The van der Waals surface area contributed by atoms with Gasteiger partial charge >= 0.3 is 7.75 Å². The molecule has 1 atom stereocenters. The van der Waals surface area contributed by atoms with Crippen molar-refractivity contribution in [1.29, 1.82) is 0 Å². The van der Waals surface area contributed by atoms with Crippen molar-refractivity contribution in [3.05, 3.63) is 29.3 Å². The van der Waals surface area contributed by atoms with Gasteiger partial charge in [-0.25, -0.2) is 4.57 Å². The lowest BCUT2D eigenvalue weighted by Gasteiger charge is -2.11. The topological polar surface area (TPSA) is 84.6 Å². The first-order chi connectivity index (χ1) is 6.05. The number of nitrogens with one attached hydrogen (secondary N) is 1. The normalized spacial score (nSPS) is 15.0. The summed E-state index contributed by atoms with van der Waals surface area (Å²) in [6.45, 7) is 0. The number of para-hydroxylation sites is 1. The second kappa shape index (κ2) is 4.09. The Labute approximate surface area is 80.0 Å². The number of rotatable bonds is 3. The first kappa shape index (κ1) is 10.5. The molecular formula is C6H8ClN2O3P. The molecule has 5 nitrogen and oxygen atoms in total. The summed E-state index contributed by atoms with van der Waals surface area (Å²) < 4.78 is 15.6. The third kappa shape index (κ3) is 2.99. The maximum absolute atomic E-state index is 10.9. The summed E-state index contributed by atoms with van der Waals surface area (Å²) in [7, 11) is -3.98. The molecule has 0 heterocycles. The highest BCUT2D eigenvalue weighted by Gasteiger charge is 2.19. The fraction of sp³-hybridized carbons (Fsp3) is 0. The van der Waals surface area contributed by atoms with Crippen molar-refractivity contribution in [1.82, 2.24) is 5.20 Å². The van der Waals surface area contributed by atoms with Gasteiger partial charge in [-0.2, -0.15) is 5.20 Å². The van der Waals surface area contributed by atoms with Gasteiger partial charge in [0.15, 0.2) is 0 Å². The molecule has 0 saturated carbocycles. The fourth-order valence-corrected chi connectivity index (χ4v) is 1.39. The van der Waals surface area contributed by atoms with Gasteiger partial charge in [0.05, 0.1) is 5.02 Å². The van der Waals surface area contributed by atoms with Gasteiger partial charge in [0, 0.05) is 0 Å². The standard InChI is InChI=1S/C6H8ClN2O3P/c7-5-3-1-2-4-6(5)12-13(10,11)9-8/h1-4H,8H2,(H2,9,10,11). The van der Waals surface area contributed by atoms with Crippen LogP contribution in [0.5, 0.6) is 5.75 Å². The van der Waals surface area contributed by atoms with Crippen LogP contribution in [0.4, 0.5) is 0 Å². The molecule has 0 amide bonds. The molecule has 0 aliphatic heterocycles. The van der Waals surface area contributed by atoms with Gasteiger partial charge in [0.1, 0.15) is 5.75 Å². The summed E-state index contributed by atoms with van der Waals surface area (Å²) in [5, 5.41) is 1.89. The van der Waals surface area contributed by atoms with Crippen molar-refractivity contribution in [2.45, 2.75) is 0 Å². The zero-order valence-corrected chi connectivity index (χ0v) is 8.13.